The highest BCUT2D eigenvalue weighted by molar-refractivity contribution is 5.81. The molecule has 1 amide bonds. The van der Waals surface area contributed by atoms with E-state index in [0.29, 0.717) is 6.54 Å². The molecule has 0 aromatic heterocycles. The molecule has 0 bridgehead atoms. The summed E-state index contributed by atoms with van der Waals surface area (Å²) in [5, 5.41) is 3.04. The monoisotopic (exact) mass is 353 g/mol. The van der Waals surface area contributed by atoms with E-state index < -0.39 is 0 Å². The quantitative estimate of drug-likeness (QED) is 0.867. The van der Waals surface area contributed by atoms with Crippen molar-refractivity contribution < 1.29 is 9.53 Å². The van der Waals surface area contributed by atoms with Crippen LogP contribution in [-0.4, -0.2) is 50.1 Å². The number of hydrogen-bond donors (Lipinski definition) is 1. The predicted octanol–water partition coefficient (Wildman–Crippen LogP) is 2.52. The van der Waals surface area contributed by atoms with Gasteiger partial charge in [0.05, 0.1) is 13.2 Å². The molecule has 138 valence electrons. The third kappa shape index (κ3) is 4.55. The van der Waals surface area contributed by atoms with Crippen molar-refractivity contribution in [1.29, 1.82) is 0 Å². The van der Waals surface area contributed by atoms with Crippen LogP contribution in [0.2, 0.25) is 0 Å². The summed E-state index contributed by atoms with van der Waals surface area (Å²) in [6.07, 6.45) is 0. The van der Waals surface area contributed by atoms with E-state index in [1.165, 1.54) is 5.69 Å². The van der Waals surface area contributed by atoms with Crippen LogP contribution in [0, 0.1) is 0 Å². The van der Waals surface area contributed by atoms with Gasteiger partial charge in [-0.25, -0.2) is 0 Å². The molecule has 26 heavy (non-hydrogen) atoms. The van der Waals surface area contributed by atoms with Crippen LogP contribution in [0.5, 0.6) is 5.75 Å². The summed E-state index contributed by atoms with van der Waals surface area (Å²) in [6, 6.07) is 18.0. The van der Waals surface area contributed by atoms with Crippen molar-refractivity contribution in [2.75, 3.05) is 38.2 Å². The Labute approximate surface area is 155 Å². The van der Waals surface area contributed by atoms with Gasteiger partial charge in [0.15, 0.2) is 0 Å². The first-order valence-corrected chi connectivity index (χ1v) is 9.12. The number of rotatable bonds is 6. The maximum Gasteiger partial charge on any atom is 0.237 e. The number of anilines is 1. The second-order valence-electron chi connectivity index (χ2n) is 6.60. The molecule has 5 heteroatoms. The molecule has 3 rings (SSSR count). The molecule has 1 aliphatic heterocycles. The Kier molecular flexibility index (Phi) is 6.12. The molecule has 1 fully saturated rings. The van der Waals surface area contributed by atoms with Gasteiger partial charge in [0.1, 0.15) is 5.75 Å². The predicted molar refractivity (Wildman–Crippen MR) is 105 cm³/mol. The molecule has 1 N–H and O–H groups in total. The van der Waals surface area contributed by atoms with Crippen molar-refractivity contribution in [3.8, 4) is 5.75 Å². The van der Waals surface area contributed by atoms with Crippen LogP contribution in [-0.2, 0) is 11.3 Å². The van der Waals surface area contributed by atoms with Crippen molar-refractivity contribution >= 4 is 11.6 Å². The van der Waals surface area contributed by atoms with E-state index in [-0.39, 0.29) is 11.9 Å². The van der Waals surface area contributed by atoms with Crippen molar-refractivity contribution in [2.24, 2.45) is 0 Å². The summed E-state index contributed by atoms with van der Waals surface area (Å²) in [4.78, 5) is 17.1. The molecule has 1 aliphatic rings. The lowest BCUT2D eigenvalue weighted by molar-refractivity contribution is -0.126. The largest absolute Gasteiger partial charge is 0.497 e. The zero-order valence-electron chi connectivity index (χ0n) is 15.5. The smallest absolute Gasteiger partial charge is 0.237 e. The van der Waals surface area contributed by atoms with Crippen LogP contribution in [0.15, 0.2) is 54.6 Å². The van der Waals surface area contributed by atoms with Crippen molar-refractivity contribution in [2.45, 2.75) is 19.5 Å². The van der Waals surface area contributed by atoms with E-state index >= 15 is 0 Å². The minimum atomic E-state index is -0.119. The van der Waals surface area contributed by atoms with Gasteiger partial charge < -0.3 is 15.0 Å². The summed E-state index contributed by atoms with van der Waals surface area (Å²) in [7, 11) is 1.69. The van der Waals surface area contributed by atoms with Gasteiger partial charge in [-0.2, -0.15) is 0 Å². The Morgan fingerprint density at radius 3 is 2.50 bits per heavy atom. The van der Waals surface area contributed by atoms with Gasteiger partial charge in [0.2, 0.25) is 5.91 Å². The molecule has 1 saturated heterocycles. The van der Waals surface area contributed by atoms with E-state index in [0.717, 1.165) is 37.5 Å². The van der Waals surface area contributed by atoms with Gasteiger partial charge in [-0.3, -0.25) is 9.69 Å². The van der Waals surface area contributed by atoms with Gasteiger partial charge in [-0.05, 0) is 24.6 Å². The topological polar surface area (TPSA) is 44.8 Å². The van der Waals surface area contributed by atoms with E-state index in [4.69, 9.17) is 4.74 Å². The molecule has 5 nitrogen and oxygen atoms in total. The third-order valence-electron chi connectivity index (χ3n) is 4.97. The fraction of sp³-hybridized carbons (Fsp3) is 0.381. The van der Waals surface area contributed by atoms with E-state index in [1.807, 2.05) is 49.4 Å². The zero-order chi connectivity index (χ0) is 18.4. The summed E-state index contributed by atoms with van der Waals surface area (Å²) >= 11 is 0. The van der Waals surface area contributed by atoms with Gasteiger partial charge in [-0.1, -0.05) is 36.4 Å². The number of carbonyl (C=O) groups excluding carboxylic acids is 1. The van der Waals surface area contributed by atoms with Crippen LogP contribution < -0.4 is 15.0 Å². The van der Waals surface area contributed by atoms with Crippen molar-refractivity contribution in [3.63, 3.8) is 0 Å². The molecule has 1 unspecified atom stereocenters. The minimum absolute atomic E-state index is 0.0867. The number of ether oxygens (including phenoxy) is 1. The molecule has 0 aliphatic carbocycles. The molecule has 2 aromatic rings. The van der Waals surface area contributed by atoms with E-state index in [9.17, 15) is 4.79 Å². The minimum Gasteiger partial charge on any atom is -0.497 e. The molecule has 0 radical (unpaired) electrons. The molecule has 2 aromatic carbocycles. The average Bonchev–Trinajstić information content (AvgIpc) is 2.72. The number of methoxy groups -OCH3 is 1. The standard InChI is InChI=1S/C21H27N3O2/c1-17(21(25)22-16-18-7-4-3-5-8-18)23-11-13-24(14-12-23)19-9-6-10-20(15-19)26-2/h3-10,15,17H,11-14,16H2,1-2H3,(H,22,25). The van der Waals surface area contributed by atoms with Crippen molar-refractivity contribution in [1.82, 2.24) is 10.2 Å². The van der Waals surface area contributed by atoms with Crippen LogP contribution in [0.1, 0.15) is 12.5 Å². The summed E-state index contributed by atoms with van der Waals surface area (Å²) in [5.41, 5.74) is 2.29. The third-order valence-corrected chi connectivity index (χ3v) is 4.97. The molecule has 0 saturated carbocycles. The molecular formula is C21H27N3O2. The molecule has 1 heterocycles. The van der Waals surface area contributed by atoms with Gasteiger partial charge in [0, 0.05) is 44.5 Å². The average molecular weight is 353 g/mol. The number of piperazine rings is 1. The Bertz CT molecular complexity index is 712. The summed E-state index contributed by atoms with van der Waals surface area (Å²) < 4.78 is 5.31. The first-order chi connectivity index (χ1) is 12.7. The Morgan fingerprint density at radius 2 is 1.81 bits per heavy atom. The first kappa shape index (κ1) is 18.3. The molecule has 1 atom stereocenters. The SMILES string of the molecule is COc1cccc(N2CCN(C(C)C(=O)NCc3ccccc3)CC2)c1. The number of amides is 1. The van der Waals surface area contributed by atoms with E-state index in [1.54, 1.807) is 7.11 Å². The fourth-order valence-electron chi connectivity index (χ4n) is 3.27. The highest BCUT2D eigenvalue weighted by Crippen LogP contribution is 2.22. The fourth-order valence-corrected chi connectivity index (χ4v) is 3.27. The lowest BCUT2D eigenvalue weighted by atomic mass is 10.2. The maximum atomic E-state index is 12.5. The van der Waals surface area contributed by atoms with Crippen LogP contribution >= 0.6 is 0 Å². The van der Waals surface area contributed by atoms with Crippen LogP contribution in [0.4, 0.5) is 5.69 Å². The second-order valence-corrected chi connectivity index (χ2v) is 6.60. The Balaban J connectivity index is 1.49. The highest BCUT2D eigenvalue weighted by atomic mass is 16.5. The number of benzene rings is 2. The molecule has 0 spiro atoms. The number of hydrogen-bond acceptors (Lipinski definition) is 4. The lowest BCUT2D eigenvalue weighted by Gasteiger charge is -2.38. The Morgan fingerprint density at radius 1 is 1.08 bits per heavy atom. The molecular weight excluding hydrogens is 326 g/mol. The number of nitrogens with one attached hydrogen (secondary N) is 1. The van der Waals surface area contributed by atoms with E-state index in [2.05, 4.69) is 27.2 Å². The highest BCUT2D eigenvalue weighted by Gasteiger charge is 2.25. The second kappa shape index (κ2) is 8.72. The van der Waals surface area contributed by atoms with Crippen LogP contribution in [0.25, 0.3) is 0 Å². The lowest BCUT2D eigenvalue weighted by Crippen LogP contribution is -2.53. The zero-order valence-corrected chi connectivity index (χ0v) is 15.5. The Hall–Kier alpha value is -2.53. The number of carbonyl (C=O) groups is 1. The maximum absolute atomic E-state index is 12.5. The summed E-state index contributed by atoms with van der Waals surface area (Å²) in [5.74, 6) is 0.960. The van der Waals surface area contributed by atoms with Gasteiger partial charge in [-0.15, -0.1) is 0 Å². The number of nitrogens with zero attached hydrogens (tertiary/aromatic N) is 2. The summed E-state index contributed by atoms with van der Waals surface area (Å²) in [6.45, 7) is 6.12. The van der Waals surface area contributed by atoms with Gasteiger partial charge >= 0.3 is 0 Å². The van der Waals surface area contributed by atoms with Crippen LogP contribution in [0.3, 0.4) is 0 Å². The van der Waals surface area contributed by atoms with Crippen molar-refractivity contribution in [3.05, 3.63) is 60.2 Å². The first-order valence-electron chi connectivity index (χ1n) is 9.12. The van der Waals surface area contributed by atoms with Gasteiger partial charge in [0.25, 0.3) is 0 Å². The normalized spacial score (nSPS) is 16.2.